The van der Waals surface area contributed by atoms with Crippen molar-refractivity contribution in [2.45, 2.75) is 18.3 Å². The first-order chi connectivity index (χ1) is 13.9. The standard InChI is InChI=1S/C20H14F6N2O2/c1-2-17(29)28-10-15(14-5-3-4-6-16(14)28)18(30)27-13-8-11(19(21,22)23)7-12(9-13)20(24,25)26/h2-9,15H,1,10H2,(H,27,30)/t15-/m1/s1. The summed E-state index contributed by atoms with van der Waals surface area (Å²) in [6, 6.07) is 7.21. The van der Waals surface area contributed by atoms with Gasteiger partial charge in [-0.1, -0.05) is 24.8 Å². The molecule has 10 heteroatoms. The van der Waals surface area contributed by atoms with E-state index in [2.05, 4.69) is 11.9 Å². The summed E-state index contributed by atoms with van der Waals surface area (Å²) >= 11 is 0. The molecule has 1 aliphatic heterocycles. The van der Waals surface area contributed by atoms with Gasteiger partial charge in [-0.15, -0.1) is 0 Å². The Bertz CT molecular complexity index is 981. The number of halogens is 6. The maximum Gasteiger partial charge on any atom is 0.416 e. The maximum absolute atomic E-state index is 13.0. The molecule has 1 aliphatic rings. The average Bonchev–Trinajstić information content (AvgIpc) is 3.05. The summed E-state index contributed by atoms with van der Waals surface area (Å²) < 4.78 is 78.1. The summed E-state index contributed by atoms with van der Waals surface area (Å²) in [7, 11) is 0. The van der Waals surface area contributed by atoms with Crippen molar-refractivity contribution < 1.29 is 35.9 Å². The van der Waals surface area contributed by atoms with Crippen LogP contribution in [0.1, 0.15) is 22.6 Å². The van der Waals surface area contributed by atoms with Gasteiger partial charge in [0.2, 0.25) is 11.8 Å². The molecule has 2 aromatic carbocycles. The van der Waals surface area contributed by atoms with Gasteiger partial charge in [-0.2, -0.15) is 26.3 Å². The van der Waals surface area contributed by atoms with Gasteiger partial charge in [0.1, 0.15) is 0 Å². The molecule has 0 saturated carbocycles. The third-order valence-electron chi connectivity index (χ3n) is 4.58. The number of alkyl halides is 6. The second kappa shape index (κ2) is 7.51. The second-order valence-corrected chi connectivity index (χ2v) is 6.55. The molecule has 0 unspecified atom stereocenters. The van der Waals surface area contributed by atoms with E-state index in [-0.39, 0.29) is 12.6 Å². The summed E-state index contributed by atoms with van der Waals surface area (Å²) in [6.07, 6.45) is -9.03. The Hall–Kier alpha value is -3.30. The summed E-state index contributed by atoms with van der Waals surface area (Å²) in [6.45, 7) is 3.25. The summed E-state index contributed by atoms with van der Waals surface area (Å²) in [5.74, 6) is -2.31. The number of carbonyl (C=O) groups excluding carboxylic acids is 2. The number of benzene rings is 2. The van der Waals surface area contributed by atoms with E-state index in [1.807, 2.05) is 0 Å². The first kappa shape index (κ1) is 21.4. The van der Waals surface area contributed by atoms with Gasteiger partial charge in [0.15, 0.2) is 0 Å². The first-order valence-corrected chi connectivity index (χ1v) is 8.55. The van der Waals surface area contributed by atoms with Crippen LogP contribution in [-0.2, 0) is 21.9 Å². The van der Waals surface area contributed by atoms with Crippen molar-refractivity contribution in [3.8, 4) is 0 Å². The lowest BCUT2D eigenvalue weighted by atomic mass is 10.00. The molecule has 0 aliphatic carbocycles. The minimum absolute atomic E-state index is 0.0228. The third kappa shape index (κ3) is 4.17. The Kier molecular flexibility index (Phi) is 5.36. The van der Waals surface area contributed by atoms with Crippen molar-refractivity contribution in [1.82, 2.24) is 0 Å². The van der Waals surface area contributed by atoms with Crippen LogP contribution in [0.25, 0.3) is 0 Å². The van der Waals surface area contributed by atoms with Gasteiger partial charge < -0.3 is 10.2 Å². The van der Waals surface area contributed by atoms with Crippen molar-refractivity contribution in [1.29, 1.82) is 0 Å². The van der Waals surface area contributed by atoms with Crippen LogP contribution in [-0.4, -0.2) is 18.4 Å². The van der Waals surface area contributed by atoms with E-state index in [4.69, 9.17) is 0 Å². The van der Waals surface area contributed by atoms with E-state index in [1.165, 1.54) is 4.90 Å². The molecule has 1 atom stereocenters. The Labute approximate surface area is 166 Å². The van der Waals surface area contributed by atoms with Crippen LogP contribution in [0.2, 0.25) is 0 Å². The van der Waals surface area contributed by atoms with Crippen LogP contribution in [0.5, 0.6) is 0 Å². The van der Waals surface area contributed by atoms with Crippen LogP contribution >= 0.6 is 0 Å². The van der Waals surface area contributed by atoms with Gasteiger partial charge >= 0.3 is 12.4 Å². The molecule has 158 valence electrons. The number of amides is 2. The molecule has 2 amide bonds. The Morgan fingerprint density at radius 2 is 1.57 bits per heavy atom. The van der Waals surface area contributed by atoms with Crippen molar-refractivity contribution in [2.24, 2.45) is 0 Å². The summed E-state index contributed by atoms with van der Waals surface area (Å²) in [5, 5.41) is 2.12. The maximum atomic E-state index is 13.0. The molecule has 4 nitrogen and oxygen atoms in total. The van der Waals surface area contributed by atoms with Gasteiger partial charge in [-0.3, -0.25) is 9.59 Å². The number of hydrogen-bond donors (Lipinski definition) is 1. The zero-order valence-electron chi connectivity index (χ0n) is 15.1. The van der Waals surface area contributed by atoms with Gasteiger partial charge in [-0.25, -0.2) is 0 Å². The topological polar surface area (TPSA) is 49.4 Å². The highest BCUT2D eigenvalue weighted by molar-refractivity contribution is 6.07. The molecule has 0 fully saturated rings. The van der Waals surface area contributed by atoms with E-state index < -0.39 is 46.9 Å². The molecule has 0 bridgehead atoms. The predicted octanol–water partition coefficient (Wildman–Crippen LogP) is 4.98. The molecule has 0 aromatic heterocycles. The molecule has 0 spiro atoms. The smallest absolute Gasteiger partial charge is 0.325 e. The van der Waals surface area contributed by atoms with Crippen LogP contribution in [0, 0.1) is 0 Å². The van der Waals surface area contributed by atoms with E-state index in [9.17, 15) is 35.9 Å². The molecule has 0 saturated heterocycles. The molecule has 0 radical (unpaired) electrons. The van der Waals surface area contributed by atoms with E-state index in [0.717, 1.165) is 6.08 Å². The molecule has 1 heterocycles. The van der Waals surface area contributed by atoms with Crippen LogP contribution < -0.4 is 10.2 Å². The zero-order valence-corrected chi connectivity index (χ0v) is 15.1. The Morgan fingerprint density at radius 3 is 2.10 bits per heavy atom. The second-order valence-electron chi connectivity index (χ2n) is 6.55. The monoisotopic (exact) mass is 428 g/mol. The van der Waals surface area contributed by atoms with Crippen LogP contribution in [0.15, 0.2) is 55.1 Å². The molecular formula is C20H14F6N2O2. The minimum atomic E-state index is -5.03. The zero-order chi connectivity index (χ0) is 22.3. The first-order valence-electron chi connectivity index (χ1n) is 8.55. The Morgan fingerprint density at radius 1 is 1.00 bits per heavy atom. The fourth-order valence-electron chi connectivity index (χ4n) is 3.21. The van der Waals surface area contributed by atoms with Gasteiger partial charge in [0, 0.05) is 17.9 Å². The van der Waals surface area contributed by atoms with Crippen LogP contribution in [0.4, 0.5) is 37.7 Å². The fraction of sp³-hybridized carbons (Fsp3) is 0.200. The highest BCUT2D eigenvalue weighted by Gasteiger charge is 2.38. The highest BCUT2D eigenvalue weighted by atomic mass is 19.4. The number of anilines is 2. The average molecular weight is 428 g/mol. The number of carbonyl (C=O) groups is 2. The molecule has 1 N–H and O–H groups in total. The van der Waals surface area contributed by atoms with Gasteiger partial charge in [0.25, 0.3) is 0 Å². The lowest BCUT2D eigenvalue weighted by Crippen LogP contribution is -2.31. The van der Waals surface area contributed by atoms with Crippen molar-refractivity contribution >= 4 is 23.2 Å². The van der Waals surface area contributed by atoms with E-state index in [0.29, 0.717) is 23.4 Å². The lowest BCUT2D eigenvalue weighted by molar-refractivity contribution is -0.143. The molecule has 30 heavy (non-hydrogen) atoms. The largest absolute Gasteiger partial charge is 0.416 e. The third-order valence-corrected chi connectivity index (χ3v) is 4.58. The van der Waals surface area contributed by atoms with Gasteiger partial charge in [-0.05, 0) is 35.9 Å². The predicted molar refractivity (Wildman–Crippen MR) is 96.8 cm³/mol. The van der Waals surface area contributed by atoms with E-state index in [1.54, 1.807) is 24.3 Å². The van der Waals surface area contributed by atoms with Crippen LogP contribution in [0.3, 0.4) is 0 Å². The normalized spacial score (nSPS) is 16.2. The summed E-state index contributed by atoms with van der Waals surface area (Å²) in [4.78, 5) is 26.0. The number of hydrogen-bond acceptors (Lipinski definition) is 2. The lowest BCUT2D eigenvalue weighted by Gasteiger charge is -2.17. The highest BCUT2D eigenvalue weighted by Crippen LogP contribution is 2.39. The number of para-hydroxylation sites is 1. The number of nitrogens with one attached hydrogen (secondary N) is 1. The molecule has 3 rings (SSSR count). The quantitative estimate of drug-likeness (QED) is 0.554. The fourth-order valence-corrected chi connectivity index (χ4v) is 3.21. The van der Waals surface area contributed by atoms with E-state index >= 15 is 0 Å². The number of nitrogens with zero attached hydrogens (tertiary/aromatic N) is 1. The SMILES string of the molecule is C=CC(=O)N1C[C@@H](C(=O)Nc2cc(C(F)(F)F)cc(C(F)(F)F)c2)c2ccccc21. The summed E-state index contributed by atoms with van der Waals surface area (Å²) in [5.41, 5.74) is -2.88. The Balaban J connectivity index is 1.95. The minimum Gasteiger partial charge on any atom is -0.325 e. The van der Waals surface area contributed by atoms with Crippen molar-refractivity contribution in [3.05, 3.63) is 71.8 Å². The van der Waals surface area contributed by atoms with Gasteiger partial charge in [0.05, 0.1) is 17.0 Å². The van der Waals surface area contributed by atoms with Crippen molar-refractivity contribution in [2.75, 3.05) is 16.8 Å². The molecule has 2 aromatic rings. The molecular weight excluding hydrogens is 414 g/mol. The number of fused-ring (bicyclic) bond motifs is 1. The number of rotatable bonds is 3. The van der Waals surface area contributed by atoms with Crippen molar-refractivity contribution in [3.63, 3.8) is 0 Å².